The van der Waals surface area contributed by atoms with Crippen LogP contribution in [0.3, 0.4) is 0 Å². The highest BCUT2D eigenvalue weighted by Gasteiger charge is 2.35. The highest BCUT2D eigenvalue weighted by Crippen LogP contribution is 2.28. The number of aromatic nitrogens is 2. The fraction of sp³-hybridized carbons (Fsp3) is 0.231. The first-order valence-corrected chi connectivity index (χ1v) is 5.71. The predicted molar refractivity (Wildman–Crippen MR) is 65.1 cm³/mol. The summed E-state index contributed by atoms with van der Waals surface area (Å²) >= 11 is 0. The molecule has 0 saturated carbocycles. The maximum atomic E-state index is 12.5. The van der Waals surface area contributed by atoms with Gasteiger partial charge < -0.3 is 5.73 Å². The molecule has 2 N–H and O–H groups in total. The van der Waals surface area contributed by atoms with E-state index in [0.29, 0.717) is 5.56 Å². The molecule has 0 spiro atoms. The Kier molecular flexibility index (Phi) is 3.51. The molecule has 7 heteroatoms. The molecule has 4 nitrogen and oxygen atoms in total. The molecule has 0 aliphatic heterocycles. The number of nitrogens with zero attached hydrogens (tertiary/aromatic N) is 3. The third kappa shape index (κ3) is 2.81. The minimum Gasteiger partial charge on any atom is -0.308 e. The van der Waals surface area contributed by atoms with E-state index in [4.69, 9.17) is 5.73 Å². The summed E-state index contributed by atoms with van der Waals surface area (Å²) in [6.07, 6.45) is -3.35. The summed E-state index contributed by atoms with van der Waals surface area (Å²) < 4.78 is 38.4. The Hall–Kier alpha value is -2.33. The van der Waals surface area contributed by atoms with Crippen molar-refractivity contribution < 1.29 is 13.2 Å². The van der Waals surface area contributed by atoms with Gasteiger partial charge in [0.15, 0.2) is 5.69 Å². The number of hydrogen-bond acceptors (Lipinski definition) is 3. The van der Waals surface area contributed by atoms with Crippen molar-refractivity contribution in [2.75, 3.05) is 0 Å². The quantitative estimate of drug-likeness (QED) is 0.937. The van der Waals surface area contributed by atoms with Crippen molar-refractivity contribution in [3.63, 3.8) is 0 Å². The molecule has 0 fully saturated rings. The monoisotopic (exact) mass is 280 g/mol. The summed E-state index contributed by atoms with van der Waals surface area (Å²) in [6, 6.07) is 11.3. The van der Waals surface area contributed by atoms with Crippen LogP contribution in [0, 0.1) is 11.3 Å². The minimum atomic E-state index is -4.51. The van der Waals surface area contributed by atoms with Gasteiger partial charge in [-0.2, -0.15) is 23.5 Å². The second-order valence-corrected chi connectivity index (χ2v) is 4.35. The van der Waals surface area contributed by atoms with Crippen molar-refractivity contribution in [3.8, 4) is 6.07 Å². The number of nitriles is 1. The average Bonchev–Trinajstić information content (AvgIpc) is 2.88. The van der Waals surface area contributed by atoms with E-state index in [1.807, 2.05) is 6.07 Å². The first-order chi connectivity index (χ1) is 9.35. The molecule has 1 aromatic heterocycles. The molecule has 1 heterocycles. The third-order valence-corrected chi connectivity index (χ3v) is 2.83. The molecule has 0 radical (unpaired) electrons. The number of rotatable bonds is 3. The van der Waals surface area contributed by atoms with Crippen LogP contribution in [-0.4, -0.2) is 9.78 Å². The fourth-order valence-corrected chi connectivity index (χ4v) is 1.78. The largest absolute Gasteiger partial charge is 0.435 e. The van der Waals surface area contributed by atoms with Gasteiger partial charge >= 0.3 is 6.18 Å². The van der Waals surface area contributed by atoms with Gasteiger partial charge in [-0.1, -0.05) is 30.3 Å². The third-order valence-electron chi connectivity index (χ3n) is 2.83. The maximum Gasteiger partial charge on any atom is 0.435 e. The van der Waals surface area contributed by atoms with Gasteiger partial charge in [0.05, 0.1) is 12.6 Å². The van der Waals surface area contributed by atoms with Crippen LogP contribution < -0.4 is 5.73 Å². The van der Waals surface area contributed by atoms with Gasteiger partial charge in [0.2, 0.25) is 0 Å². The molecule has 0 saturated heterocycles. The van der Waals surface area contributed by atoms with Crippen molar-refractivity contribution >= 4 is 0 Å². The second-order valence-electron chi connectivity index (χ2n) is 4.35. The molecule has 0 aliphatic rings. The van der Waals surface area contributed by atoms with Crippen molar-refractivity contribution in [2.24, 2.45) is 5.73 Å². The van der Waals surface area contributed by atoms with Crippen LogP contribution in [0.25, 0.3) is 0 Å². The van der Waals surface area contributed by atoms with E-state index in [9.17, 15) is 18.4 Å². The highest BCUT2D eigenvalue weighted by molar-refractivity contribution is 5.30. The molecular weight excluding hydrogens is 269 g/mol. The molecule has 104 valence electrons. The van der Waals surface area contributed by atoms with Gasteiger partial charge in [-0.05, 0) is 11.6 Å². The highest BCUT2D eigenvalue weighted by atomic mass is 19.4. The van der Waals surface area contributed by atoms with Crippen LogP contribution in [0.5, 0.6) is 0 Å². The standard InChI is InChI=1S/C13H11F3N4/c14-13(15,16)11-6-7-20(19-11)9-12(18,8-17)10-4-2-1-3-5-10/h1-7H,9,18H2. The SMILES string of the molecule is N#CC(N)(Cn1ccc(C(F)(F)F)n1)c1ccccc1. The van der Waals surface area contributed by atoms with Gasteiger partial charge in [-0.15, -0.1) is 0 Å². The van der Waals surface area contributed by atoms with Crippen LogP contribution in [0.2, 0.25) is 0 Å². The smallest absolute Gasteiger partial charge is 0.308 e. The van der Waals surface area contributed by atoms with Crippen LogP contribution in [0.4, 0.5) is 13.2 Å². The first-order valence-electron chi connectivity index (χ1n) is 5.71. The first kappa shape index (κ1) is 14.1. The van der Waals surface area contributed by atoms with E-state index >= 15 is 0 Å². The van der Waals surface area contributed by atoms with Gasteiger partial charge in [0, 0.05) is 6.20 Å². The number of halogens is 3. The molecular formula is C13H11F3N4. The van der Waals surface area contributed by atoms with E-state index < -0.39 is 17.4 Å². The van der Waals surface area contributed by atoms with Crippen LogP contribution >= 0.6 is 0 Å². The lowest BCUT2D eigenvalue weighted by Gasteiger charge is -2.21. The molecule has 1 atom stereocenters. The Bertz CT molecular complexity index is 627. The molecule has 20 heavy (non-hydrogen) atoms. The van der Waals surface area contributed by atoms with E-state index in [-0.39, 0.29) is 6.54 Å². The average molecular weight is 280 g/mol. The van der Waals surface area contributed by atoms with Crippen molar-refractivity contribution in [1.29, 1.82) is 5.26 Å². The Morgan fingerprint density at radius 1 is 1.20 bits per heavy atom. The minimum absolute atomic E-state index is 0.163. The fourth-order valence-electron chi connectivity index (χ4n) is 1.78. The zero-order valence-electron chi connectivity index (χ0n) is 10.3. The Balaban J connectivity index is 2.28. The van der Waals surface area contributed by atoms with Crippen molar-refractivity contribution in [2.45, 2.75) is 18.3 Å². The van der Waals surface area contributed by atoms with Crippen LogP contribution in [0.15, 0.2) is 42.6 Å². The van der Waals surface area contributed by atoms with Crippen molar-refractivity contribution in [3.05, 3.63) is 53.9 Å². The summed E-state index contributed by atoms with van der Waals surface area (Å²) in [6.45, 7) is -0.163. The lowest BCUT2D eigenvalue weighted by Crippen LogP contribution is -2.39. The molecule has 1 unspecified atom stereocenters. The summed E-state index contributed by atoms with van der Waals surface area (Å²) in [5.74, 6) is 0. The topological polar surface area (TPSA) is 67.6 Å². The Morgan fingerprint density at radius 3 is 2.35 bits per heavy atom. The molecule has 0 aliphatic carbocycles. The van der Waals surface area contributed by atoms with E-state index in [1.54, 1.807) is 30.3 Å². The number of hydrogen-bond donors (Lipinski definition) is 1. The predicted octanol–water partition coefficient (Wildman–Crippen LogP) is 2.28. The van der Waals surface area contributed by atoms with E-state index in [0.717, 1.165) is 16.9 Å². The maximum absolute atomic E-state index is 12.5. The van der Waals surface area contributed by atoms with Gasteiger partial charge in [-0.25, -0.2) is 0 Å². The van der Waals surface area contributed by atoms with E-state index in [2.05, 4.69) is 5.10 Å². The van der Waals surface area contributed by atoms with Crippen LogP contribution in [-0.2, 0) is 18.3 Å². The number of nitrogens with two attached hydrogens (primary N) is 1. The Labute approximate surface area is 113 Å². The molecule has 1 aromatic carbocycles. The molecule has 2 aromatic rings. The summed E-state index contributed by atoms with van der Waals surface area (Å²) in [7, 11) is 0. The lowest BCUT2D eigenvalue weighted by atomic mass is 9.93. The van der Waals surface area contributed by atoms with Gasteiger partial charge in [0.25, 0.3) is 0 Å². The normalized spacial score (nSPS) is 14.6. The number of benzene rings is 1. The summed E-state index contributed by atoms with van der Waals surface area (Å²) in [5, 5.41) is 12.6. The van der Waals surface area contributed by atoms with Gasteiger partial charge in [0.1, 0.15) is 5.54 Å². The van der Waals surface area contributed by atoms with Gasteiger partial charge in [-0.3, -0.25) is 4.68 Å². The molecule has 0 bridgehead atoms. The zero-order chi connectivity index (χ0) is 14.8. The number of alkyl halides is 3. The van der Waals surface area contributed by atoms with E-state index in [1.165, 1.54) is 0 Å². The zero-order valence-corrected chi connectivity index (χ0v) is 10.3. The molecule has 2 rings (SSSR count). The second kappa shape index (κ2) is 4.98. The van der Waals surface area contributed by atoms with Crippen LogP contribution in [0.1, 0.15) is 11.3 Å². The summed E-state index contributed by atoms with van der Waals surface area (Å²) in [5.41, 5.74) is 4.04. The summed E-state index contributed by atoms with van der Waals surface area (Å²) in [4.78, 5) is 0. The Morgan fingerprint density at radius 2 is 1.85 bits per heavy atom. The van der Waals surface area contributed by atoms with Crippen molar-refractivity contribution in [1.82, 2.24) is 9.78 Å². The molecule has 0 amide bonds. The lowest BCUT2D eigenvalue weighted by molar-refractivity contribution is -0.141.